The predicted octanol–water partition coefficient (Wildman–Crippen LogP) is 4.06. The first-order valence-electron chi connectivity index (χ1n) is 10.7. The highest BCUT2D eigenvalue weighted by atomic mass is 19.2. The molecule has 10 heteroatoms. The highest BCUT2D eigenvalue weighted by Crippen LogP contribution is 2.42. The number of halogens is 4. The number of rotatable bonds is 3. The Bertz CT molecular complexity index is 1370. The summed E-state index contributed by atoms with van der Waals surface area (Å²) in [5.41, 5.74) is 8.13. The number of nitrogens with two attached hydrogens (primary N) is 1. The molecule has 0 radical (unpaired) electrons. The van der Waals surface area contributed by atoms with Gasteiger partial charge >= 0.3 is 0 Å². The van der Waals surface area contributed by atoms with Gasteiger partial charge in [0.1, 0.15) is 17.5 Å². The number of benzene rings is 2. The second kappa shape index (κ2) is 8.37. The fourth-order valence-electron chi connectivity index (χ4n) is 4.38. The topological polar surface area (TPSA) is 91.1 Å². The van der Waals surface area contributed by atoms with Crippen LogP contribution >= 0.6 is 0 Å². The lowest BCUT2D eigenvalue weighted by atomic mass is 9.95. The summed E-state index contributed by atoms with van der Waals surface area (Å²) >= 11 is 0. The zero-order valence-electron chi connectivity index (χ0n) is 18.1. The molecule has 0 amide bonds. The van der Waals surface area contributed by atoms with E-state index in [4.69, 9.17) is 5.73 Å². The number of hydrogen-bond donors (Lipinski definition) is 3. The first-order chi connectivity index (χ1) is 16.2. The van der Waals surface area contributed by atoms with Crippen molar-refractivity contribution in [3.8, 4) is 22.5 Å². The molecular weight excluding hydrogens is 450 g/mol. The van der Waals surface area contributed by atoms with Crippen LogP contribution in [0.1, 0.15) is 12.1 Å². The van der Waals surface area contributed by atoms with Gasteiger partial charge in [0.15, 0.2) is 11.6 Å². The van der Waals surface area contributed by atoms with Crippen LogP contribution in [0, 0.1) is 30.2 Å². The van der Waals surface area contributed by atoms with E-state index < -0.39 is 35.4 Å². The molecule has 4 aromatic rings. The molecule has 4 N–H and O–H groups in total. The molecule has 1 aliphatic rings. The van der Waals surface area contributed by atoms with E-state index in [9.17, 15) is 22.7 Å². The molecule has 1 saturated heterocycles. The number of nitrogens with zero attached hydrogens (tertiary/aromatic N) is 3. The summed E-state index contributed by atoms with van der Waals surface area (Å²) in [5, 5.41) is 10.5. The molecule has 3 heterocycles. The van der Waals surface area contributed by atoms with Crippen molar-refractivity contribution in [3.05, 3.63) is 65.5 Å². The van der Waals surface area contributed by atoms with E-state index in [0.717, 1.165) is 30.3 Å². The van der Waals surface area contributed by atoms with Crippen molar-refractivity contribution < 1.29 is 22.7 Å². The Balaban J connectivity index is 1.78. The number of pyridine rings is 1. The lowest BCUT2D eigenvalue weighted by molar-refractivity contribution is 0.132. The van der Waals surface area contributed by atoms with Crippen molar-refractivity contribution in [1.29, 1.82) is 0 Å². The summed E-state index contributed by atoms with van der Waals surface area (Å²) < 4.78 is 56.5. The van der Waals surface area contributed by atoms with Crippen LogP contribution in [0.3, 0.4) is 0 Å². The predicted molar refractivity (Wildman–Crippen MR) is 120 cm³/mol. The van der Waals surface area contributed by atoms with E-state index in [-0.39, 0.29) is 34.5 Å². The minimum atomic E-state index is -1.04. The molecule has 6 nitrogen and oxygen atoms in total. The largest absolute Gasteiger partial charge is 0.390 e. The van der Waals surface area contributed by atoms with Crippen molar-refractivity contribution in [3.63, 3.8) is 0 Å². The number of nitrogens with one attached hydrogen (secondary N) is 1. The van der Waals surface area contributed by atoms with E-state index in [2.05, 4.69) is 15.0 Å². The molecule has 0 unspecified atom stereocenters. The number of fused-ring (bicyclic) bond motifs is 1. The average Bonchev–Trinajstić information content (AvgIpc) is 3.19. The number of H-pyrrole nitrogens is 1. The Hall–Kier alpha value is -3.50. The van der Waals surface area contributed by atoms with Gasteiger partial charge in [0.25, 0.3) is 0 Å². The quantitative estimate of drug-likeness (QED) is 0.392. The average molecular weight is 471 g/mol. The van der Waals surface area contributed by atoms with Crippen molar-refractivity contribution >= 4 is 16.7 Å². The SMILES string of the molecule is Cc1ncc(-c2cc(F)ccc2F)c(N2CC[C@@H](N)[C@@H](O)C2)c1-c1nc2cc(F)c(F)cc2[nH]1. The number of hydrogen-bond acceptors (Lipinski definition) is 5. The summed E-state index contributed by atoms with van der Waals surface area (Å²) in [6.45, 7) is 2.29. The van der Waals surface area contributed by atoms with Gasteiger partial charge in [-0.25, -0.2) is 22.5 Å². The third-order valence-corrected chi connectivity index (χ3v) is 6.17. The molecule has 5 rings (SSSR count). The van der Waals surface area contributed by atoms with Crippen molar-refractivity contribution in [2.24, 2.45) is 5.73 Å². The second-order valence-electron chi connectivity index (χ2n) is 8.44. The molecule has 176 valence electrons. The fourth-order valence-corrected chi connectivity index (χ4v) is 4.38. The number of aryl methyl sites for hydroxylation is 1. The third kappa shape index (κ3) is 3.78. The maximum absolute atomic E-state index is 14.8. The van der Waals surface area contributed by atoms with Gasteiger partial charge in [0.05, 0.1) is 34.1 Å². The van der Waals surface area contributed by atoms with Gasteiger partial charge in [0, 0.05) is 48.6 Å². The van der Waals surface area contributed by atoms with E-state index in [0.29, 0.717) is 29.9 Å². The van der Waals surface area contributed by atoms with Crippen molar-refractivity contribution in [1.82, 2.24) is 15.0 Å². The van der Waals surface area contributed by atoms with Crippen LogP contribution in [0.25, 0.3) is 33.5 Å². The van der Waals surface area contributed by atoms with Crippen molar-refractivity contribution in [2.75, 3.05) is 18.0 Å². The molecule has 0 spiro atoms. The van der Waals surface area contributed by atoms with Gasteiger partial charge in [-0.2, -0.15) is 0 Å². The van der Waals surface area contributed by atoms with Gasteiger partial charge in [-0.1, -0.05) is 0 Å². The number of aliphatic hydroxyl groups is 1. The van der Waals surface area contributed by atoms with E-state index in [1.165, 1.54) is 6.20 Å². The van der Waals surface area contributed by atoms with Gasteiger partial charge < -0.3 is 20.7 Å². The highest BCUT2D eigenvalue weighted by Gasteiger charge is 2.31. The summed E-state index contributed by atoms with van der Waals surface area (Å²) in [6.07, 6.45) is 1.05. The van der Waals surface area contributed by atoms with Crippen LogP contribution in [0.4, 0.5) is 23.2 Å². The van der Waals surface area contributed by atoms with E-state index in [1.807, 2.05) is 4.90 Å². The molecule has 0 bridgehead atoms. The molecule has 2 atom stereocenters. The standard InChI is InChI=1S/C24H21F4N5O/c1-11-22(24-31-19-7-16(27)17(28)8-20(19)32-24)23(33-5-4-18(29)21(34)10-33)14(9-30-11)13-6-12(25)2-3-15(13)26/h2-3,6-9,18,21,34H,4-5,10,29H2,1H3,(H,31,32)/t18-,21+/m1/s1. The fraction of sp³-hybridized carbons (Fsp3) is 0.250. The number of β-amino-alcohol motifs (C(OH)–C–C–N with tert-alkyl or cyclic N) is 1. The Morgan fingerprint density at radius 1 is 1.06 bits per heavy atom. The number of aromatic amines is 1. The minimum absolute atomic E-state index is 0.0127. The molecule has 1 fully saturated rings. The molecular formula is C24H21F4N5O. The first-order valence-corrected chi connectivity index (χ1v) is 10.7. The third-order valence-electron chi connectivity index (χ3n) is 6.17. The Morgan fingerprint density at radius 3 is 2.59 bits per heavy atom. The summed E-state index contributed by atoms with van der Waals surface area (Å²) in [5.74, 6) is -3.09. The lowest BCUT2D eigenvalue weighted by Gasteiger charge is -2.37. The van der Waals surface area contributed by atoms with Crippen LogP contribution in [-0.4, -0.2) is 45.3 Å². The molecule has 0 saturated carbocycles. The van der Waals surface area contributed by atoms with Gasteiger partial charge in [-0.15, -0.1) is 0 Å². The van der Waals surface area contributed by atoms with E-state index in [1.54, 1.807) is 6.92 Å². The normalized spacial score (nSPS) is 18.6. The number of aliphatic hydroxyl groups excluding tert-OH is 1. The number of anilines is 1. The van der Waals surface area contributed by atoms with E-state index >= 15 is 0 Å². The van der Waals surface area contributed by atoms with Crippen LogP contribution in [0.2, 0.25) is 0 Å². The molecule has 1 aliphatic heterocycles. The second-order valence-corrected chi connectivity index (χ2v) is 8.44. The van der Waals surface area contributed by atoms with Gasteiger partial charge in [-0.3, -0.25) is 4.98 Å². The summed E-state index contributed by atoms with van der Waals surface area (Å²) in [7, 11) is 0. The minimum Gasteiger partial charge on any atom is -0.390 e. The van der Waals surface area contributed by atoms with Gasteiger partial charge in [0.2, 0.25) is 0 Å². The van der Waals surface area contributed by atoms with Crippen LogP contribution < -0.4 is 10.6 Å². The lowest BCUT2D eigenvalue weighted by Crippen LogP contribution is -2.51. The molecule has 0 aliphatic carbocycles. The first kappa shape index (κ1) is 22.3. The van der Waals surface area contributed by atoms with Crippen LogP contribution in [-0.2, 0) is 0 Å². The zero-order valence-corrected chi connectivity index (χ0v) is 18.1. The summed E-state index contributed by atoms with van der Waals surface area (Å²) in [4.78, 5) is 13.6. The number of piperidine rings is 1. The molecule has 34 heavy (non-hydrogen) atoms. The van der Waals surface area contributed by atoms with Crippen molar-refractivity contribution in [2.45, 2.75) is 25.5 Å². The Kier molecular flexibility index (Phi) is 5.49. The smallest absolute Gasteiger partial charge is 0.161 e. The highest BCUT2D eigenvalue weighted by molar-refractivity contribution is 5.92. The number of imidazole rings is 1. The number of aromatic nitrogens is 3. The Morgan fingerprint density at radius 2 is 1.82 bits per heavy atom. The zero-order chi connectivity index (χ0) is 24.1. The maximum atomic E-state index is 14.8. The van der Waals surface area contributed by atoms with Crippen LogP contribution in [0.15, 0.2) is 36.5 Å². The monoisotopic (exact) mass is 471 g/mol. The maximum Gasteiger partial charge on any atom is 0.161 e. The Labute approximate surface area is 192 Å². The molecule has 2 aromatic carbocycles. The van der Waals surface area contributed by atoms with Gasteiger partial charge in [-0.05, 0) is 31.5 Å². The summed E-state index contributed by atoms with van der Waals surface area (Å²) in [6, 6.07) is 4.68. The molecule has 2 aromatic heterocycles. The van der Waals surface area contributed by atoms with Crippen LogP contribution in [0.5, 0.6) is 0 Å².